The topological polar surface area (TPSA) is 95.9 Å². The lowest BCUT2D eigenvalue weighted by atomic mass is 9.98. The molecule has 0 radical (unpaired) electrons. The first kappa shape index (κ1) is 17.5. The van der Waals surface area contributed by atoms with E-state index in [1.807, 2.05) is 36.4 Å². The van der Waals surface area contributed by atoms with Gasteiger partial charge in [0.2, 0.25) is 0 Å². The second-order valence-corrected chi connectivity index (χ2v) is 7.15. The molecule has 0 aliphatic heterocycles. The molecule has 0 spiro atoms. The van der Waals surface area contributed by atoms with Crippen molar-refractivity contribution in [3.05, 3.63) is 59.7 Å². The van der Waals surface area contributed by atoms with E-state index in [0.29, 0.717) is 0 Å². The van der Waals surface area contributed by atoms with E-state index in [1.165, 1.54) is 0 Å². The minimum Gasteiger partial charge on any atom is -0.481 e. The largest absolute Gasteiger partial charge is 0.481 e. The number of alkyl carbamates (subject to hydrolysis) is 1. The van der Waals surface area contributed by atoms with Crippen LogP contribution in [-0.4, -0.2) is 41.0 Å². The van der Waals surface area contributed by atoms with Gasteiger partial charge in [-0.1, -0.05) is 48.5 Å². The Kier molecular flexibility index (Phi) is 4.58. The number of benzene rings is 2. The molecule has 0 bridgehead atoms. The maximum atomic E-state index is 12.2. The fourth-order valence-corrected chi connectivity index (χ4v) is 4.23. The van der Waals surface area contributed by atoms with Crippen molar-refractivity contribution >= 4 is 12.1 Å². The van der Waals surface area contributed by atoms with Gasteiger partial charge in [-0.2, -0.15) is 0 Å². The van der Waals surface area contributed by atoms with Crippen molar-refractivity contribution in [2.24, 2.45) is 5.92 Å². The summed E-state index contributed by atoms with van der Waals surface area (Å²) in [6.45, 7) is 0.173. The zero-order valence-corrected chi connectivity index (χ0v) is 14.7. The lowest BCUT2D eigenvalue weighted by Gasteiger charge is -2.19. The Morgan fingerprint density at radius 2 is 1.59 bits per heavy atom. The number of hydrogen-bond acceptors (Lipinski definition) is 4. The molecule has 2 aliphatic rings. The summed E-state index contributed by atoms with van der Waals surface area (Å²) < 4.78 is 5.44. The number of hydrogen-bond donors (Lipinski definition) is 3. The summed E-state index contributed by atoms with van der Waals surface area (Å²) in [4.78, 5) is 23.5. The third-order valence-electron chi connectivity index (χ3n) is 5.50. The quantitative estimate of drug-likeness (QED) is 0.772. The molecule has 2 aromatic rings. The average Bonchev–Trinajstić information content (AvgIpc) is 3.18. The lowest BCUT2D eigenvalue weighted by molar-refractivity contribution is -0.142. The van der Waals surface area contributed by atoms with Crippen LogP contribution in [0.15, 0.2) is 48.5 Å². The summed E-state index contributed by atoms with van der Waals surface area (Å²) >= 11 is 0. The van der Waals surface area contributed by atoms with Gasteiger partial charge in [-0.3, -0.25) is 4.79 Å². The number of carboxylic acids is 1. The smallest absolute Gasteiger partial charge is 0.407 e. The summed E-state index contributed by atoms with van der Waals surface area (Å²) in [5, 5.41) is 21.5. The second-order valence-electron chi connectivity index (χ2n) is 7.15. The number of carboxylic acid groups (broad SMARTS) is 1. The number of aliphatic carboxylic acids is 1. The summed E-state index contributed by atoms with van der Waals surface area (Å²) in [5.74, 6) is -1.86. The number of nitrogens with one attached hydrogen (secondary N) is 1. The Bertz CT molecular complexity index is 835. The van der Waals surface area contributed by atoms with E-state index >= 15 is 0 Å². The highest BCUT2D eigenvalue weighted by Gasteiger charge is 2.39. The summed E-state index contributed by atoms with van der Waals surface area (Å²) in [6.07, 6.45) is -1.00. The van der Waals surface area contributed by atoms with E-state index in [1.54, 1.807) is 0 Å². The fraction of sp³-hybridized carbons (Fsp3) is 0.333. The molecule has 1 amide bonds. The Labute approximate surface area is 156 Å². The van der Waals surface area contributed by atoms with E-state index < -0.39 is 30.1 Å². The number of ether oxygens (including phenoxy) is 1. The molecule has 6 heteroatoms. The molecule has 6 nitrogen and oxygen atoms in total. The lowest BCUT2D eigenvalue weighted by Crippen LogP contribution is -2.40. The maximum absolute atomic E-state index is 12.2. The van der Waals surface area contributed by atoms with Crippen molar-refractivity contribution in [3.8, 4) is 11.1 Å². The van der Waals surface area contributed by atoms with E-state index in [9.17, 15) is 19.8 Å². The third kappa shape index (κ3) is 3.28. The summed E-state index contributed by atoms with van der Waals surface area (Å²) in [7, 11) is 0. The van der Waals surface area contributed by atoms with Crippen LogP contribution in [0.25, 0.3) is 11.1 Å². The first-order valence-corrected chi connectivity index (χ1v) is 9.07. The van der Waals surface area contributed by atoms with E-state index in [2.05, 4.69) is 17.4 Å². The van der Waals surface area contributed by atoms with Gasteiger partial charge in [0.25, 0.3) is 0 Å². The average molecular weight is 367 g/mol. The second kappa shape index (κ2) is 7.04. The Morgan fingerprint density at radius 3 is 2.19 bits per heavy atom. The first-order valence-electron chi connectivity index (χ1n) is 9.07. The number of amides is 1. The fourth-order valence-electron chi connectivity index (χ4n) is 4.23. The van der Waals surface area contributed by atoms with Gasteiger partial charge in [-0.05, 0) is 35.1 Å². The van der Waals surface area contributed by atoms with Gasteiger partial charge in [-0.25, -0.2) is 4.79 Å². The van der Waals surface area contributed by atoms with Crippen LogP contribution in [0.1, 0.15) is 29.9 Å². The van der Waals surface area contributed by atoms with E-state index in [-0.39, 0.29) is 25.4 Å². The predicted molar refractivity (Wildman–Crippen MR) is 98.4 cm³/mol. The van der Waals surface area contributed by atoms with Crippen molar-refractivity contribution < 1.29 is 24.5 Å². The van der Waals surface area contributed by atoms with Gasteiger partial charge in [0.05, 0.1) is 12.0 Å². The molecule has 1 fully saturated rings. The molecule has 2 aromatic carbocycles. The number of fused-ring (bicyclic) bond motifs is 3. The van der Waals surface area contributed by atoms with Gasteiger partial charge in [0.1, 0.15) is 6.61 Å². The van der Waals surface area contributed by atoms with E-state index in [0.717, 1.165) is 22.3 Å². The molecule has 2 aliphatic carbocycles. The first-order chi connectivity index (χ1) is 13.0. The Hall–Kier alpha value is -2.86. The van der Waals surface area contributed by atoms with Crippen LogP contribution >= 0.6 is 0 Å². The monoisotopic (exact) mass is 367 g/mol. The van der Waals surface area contributed by atoms with Crippen LogP contribution < -0.4 is 5.32 Å². The minimum atomic E-state index is -1.02. The highest BCUT2D eigenvalue weighted by Crippen LogP contribution is 2.44. The van der Waals surface area contributed by atoms with Crippen LogP contribution in [0, 0.1) is 5.92 Å². The van der Waals surface area contributed by atoms with Crippen LogP contribution in [0.4, 0.5) is 4.79 Å². The molecule has 0 saturated heterocycles. The SMILES string of the molecule is O=C(N[C@@H]1C[C@H](O)C[C@@H]1C(=O)O)OCC1c2ccccc2-c2ccccc21. The molecule has 0 aromatic heterocycles. The zero-order chi connectivity index (χ0) is 19.0. The highest BCUT2D eigenvalue weighted by molar-refractivity contribution is 5.79. The van der Waals surface area contributed by atoms with Gasteiger partial charge >= 0.3 is 12.1 Å². The molecule has 1 saturated carbocycles. The standard InChI is InChI=1S/C21H21NO5/c23-12-9-17(20(24)25)19(10-12)22-21(26)27-11-18-15-7-3-1-5-13(15)14-6-2-4-8-16(14)18/h1-8,12,17-19,23H,9-11H2,(H,22,26)(H,24,25)/t12-,17+,19-/m1/s1. The highest BCUT2D eigenvalue weighted by atomic mass is 16.5. The Morgan fingerprint density at radius 1 is 1.00 bits per heavy atom. The third-order valence-corrected chi connectivity index (χ3v) is 5.50. The van der Waals surface area contributed by atoms with Crippen LogP contribution in [0.5, 0.6) is 0 Å². The maximum Gasteiger partial charge on any atom is 0.407 e. The Balaban J connectivity index is 1.45. The summed E-state index contributed by atoms with van der Waals surface area (Å²) in [6, 6.07) is 15.5. The molecule has 4 rings (SSSR count). The summed E-state index contributed by atoms with van der Waals surface area (Å²) in [5.41, 5.74) is 4.52. The molecule has 140 valence electrons. The zero-order valence-electron chi connectivity index (χ0n) is 14.7. The molecule has 0 unspecified atom stereocenters. The van der Waals surface area contributed by atoms with E-state index in [4.69, 9.17) is 4.74 Å². The van der Waals surface area contributed by atoms with Gasteiger partial charge < -0.3 is 20.3 Å². The molecule has 3 atom stereocenters. The van der Waals surface area contributed by atoms with Crippen LogP contribution in [0.2, 0.25) is 0 Å². The molecule has 27 heavy (non-hydrogen) atoms. The van der Waals surface area contributed by atoms with Gasteiger partial charge in [-0.15, -0.1) is 0 Å². The van der Waals surface area contributed by atoms with Crippen LogP contribution in [0.3, 0.4) is 0 Å². The van der Waals surface area contributed by atoms with Gasteiger partial charge in [0, 0.05) is 12.0 Å². The van der Waals surface area contributed by atoms with Crippen molar-refractivity contribution in [2.75, 3.05) is 6.61 Å². The number of aliphatic hydroxyl groups excluding tert-OH is 1. The minimum absolute atomic E-state index is 0.0485. The number of carbonyl (C=O) groups excluding carboxylic acids is 1. The normalized spacial score (nSPS) is 23.5. The predicted octanol–water partition coefficient (Wildman–Crippen LogP) is 2.75. The van der Waals surface area contributed by atoms with Crippen LogP contribution in [-0.2, 0) is 9.53 Å². The molecular weight excluding hydrogens is 346 g/mol. The molecule has 3 N–H and O–H groups in total. The van der Waals surface area contributed by atoms with Crippen molar-refractivity contribution in [2.45, 2.75) is 30.9 Å². The van der Waals surface area contributed by atoms with Gasteiger partial charge in [0.15, 0.2) is 0 Å². The van der Waals surface area contributed by atoms with Crippen molar-refractivity contribution in [3.63, 3.8) is 0 Å². The number of rotatable bonds is 4. The number of carbonyl (C=O) groups is 2. The van der Waals surface area contributed by atoms with Crippen molar-refractivity contribution in [1.82, 2.24) is 5.32 Å². The van der Waals surface area contributed by atoms with Crippen molar-refractivity contribution in [1.29, 1.82) is 0 Å². The number of aliphatic hydroxyl groups is 1. The molecular formula is C21H21NO5. The molecule has 0 heterocycles.